The maximum Gasteiger partial charge on any atom is 0.308 e. The lowest BCUT2D eigenvalue weighted by Crippen LogP contribution is -2.45. The molecule has 2 unspecified atom stereocenters. The highest BCUT2D eigenvalue weighted by molar-refractivity contribution is 6.32. The van der Waals surface area contributed by atoms with Gasteiger partial charge in [0.1, 0.15) is 5.75 Å². The molecule has 2 atom stereocenters. The van der Waals surface area contributed by atoms with Gasteiger partial charge in [-0.05, 0) is 31.0 Å². The number of carbonyl (C=O) groups is 2. The van der Waals surface area contributed by atoms with Gasteiger partial charge in [0.2, 0.25) is 5.91 Å². The number of carboxylic acids is 1. The zero-order chi connectivity index (χ0) is 15.6. The number of nitrogens with zero attached hydrogens (tertiary/aromatic N) is 1. The molecule has 0 saturated carbocycles. The smallest absolute Gasteiger partial charge is 0.308 e. The van der Waals surface area contributed by atoms with Crippen LogP contribution < -0.4 is 4.74 Å². The number of methoxy groups -OCH3 is 1. The van der Waals surface area contributed by atoms with Crippen molar-refractivity contribution in [2.75, 3.05) is 13.7 Å². The van der Waals surface area contributed by atoms with E-state index in [1.165, 1.54) is 7.11 Å². The third-order valence-electron chi connectivity index (χ3n) is 3.88. The fourth-order valence-electron chi connectivity index (χ4n) is 2.86. The van der Waals surface area contributed by atoms with Crippen LogP contribution in [0.1, 0.15) is 31.4 Å². The molecule has 0 aliphatic carbocycles. The van der Waals surface area contributed by atoms with Crippen molar-refractivity contribution in [1.82, 2.24) is 4.90 Å². The van der Waals surface area contributed by atoms with Crippen molar-refractivity contribution >= 4 is 23.5 Å². The topological polar surface area (TPSA) is 66.8 Å². The maximum absolute atomic E-state index is 12.1. The predicted molar refractivity (Wildman–Crippen MR) is 78.5 cm³/mol. The molecule has 1 aliphatic heterocycles. The van der Waals surface area contributed by atoms with E-state index in [0.29, 0.717) is 23.7 Å². The number of carbonyl (C=O) groups excluding carboxylic acids is 1. The molecule has 1 aromatic rings. The minimum absolute atomic E-state index is 0.0214. The van der Waals surface area contributed by atoms with Crippen LogP contribution in [0, 0.1) is 5.92 Å². The first-order chi connectivity index (χ1) is 9.99. The lowest BCUT2D eigenvalue weighted by atomic mass is 9.84. The molecule has 1 saturated heterocycles. The second-order valence-corrected chi connectivity index (χ2v) is 5.41. The van der Waals surface area contributed by atoms with Gasteiger partial charge in [0, 0.05) is 13.0 Å². The molecule has 1 aliphatic rings. The van der Waals surface area contributed by atoms with Crippen LogP contribution in [0.4, 0.5) is 0 Å². The summed E-state index contributed by atoms with van der Waals surface area (Å²) in [6.45, 7) is 2.32. The van der Waals surface area contributed by atoms with Gasteiger partial charge in [-0.15, -0.1) is 0 Å². The van der Waals surface area contributed by atoms with Crippen LogP contribution in [0.15, 0.2) is 18.2 Å². The standard InChI is InChI=1S/C15H18ClNO4/c1-3-17-13(18)7-5-10(15(19)20)14(17)9-4-6-12(21-2)11(16)8-9/h4,6,8,10,14H,3,5,7H2,1-2H3,(H,19,20). The number of halogens is 1. The number of rotatable bonds is 4. The Balaban J connectivity index is 2.45. The molecule has 2 rings (SSSR count). The van der Waals surface area contributed by atoms with E-state index in [4.69, 9.17) is 16.3 Å². The lowest BCUT2D eigenvalue weighted by molar-refractivity contribution is -0.151. The van der Waals surface area contributed by atoms with E-state index in [0.717, 1.165) is 5.56 Å². The van der Waals surface area contributed by atoms with Gasteiger partial charge in [-0.2, -0.15) is 0 Å². The molecule has 1 fully saturated rings. The normalized spacial score (nSPS) is 22.2. The Kier molecular flexibility index (Phi) is 4.73. The van der Waals surface area contributed by atoms with Gasteiger partial charge >= 0.3 is 5.97 Å². The quantitative estimate of drug-likeness (QED) is 0.928. The van der Waals surface area contributed by atoms with Crippen molar-refractivity contribution in [1.29, 1.82) is 0 Å². The van der Waals surface area contributed by atoms with Crippen LogP contribution >= 0.6 is 11.6 Å². The van der Waals surface area contributed by atoms with E-state index in [9.17, 15) is 14.7 Å². The zero-order valence-corrected chi connectivity index (χ0v) is 12.8. The first-order valence-corrected chi connectivity index (χ1v) is 7.23. The van der Waals surface area contributed by atoms with Gasteiger partial charge in [0.15, 0.2) is 0 Å². The average molecular weight is 312 g/mol. The Morgan fingerprint density at radius 3 is 2.76 bits per heavy atom. The third kappa shape index (κ3) is 2.97. The monoisotopic (exact) mass is 311 g/mol. The predicted octanol–water partition coefficient (Wildman–Crippen LogP) is 2.73. The van der Waals surface area contributed by atoms with E-state index in [2.05, 4.69) is 0 Å². The average Bonchev–Trinajstić information content (AvgIpc) is 2.46. The van der Waals surface area contributed by atoms with Crippen LogP contribution in [-0.4, -0.2) is 35.5 Å². The molecule has 5 nitrogen and oxygen atoms in total. The van der Waals surface area contributed by atoms with Crippen molar-refractivity contribution in [3.8, 4) is 5.75 Å². The Hall–Kier alpha value is -1.75. The van der Waals surface area contributed by atoms with Gasteiger partial charge in [0.05, 0.1) is 24.1 Å². The van der Waals surface area contributed by atoms with Gasteiger partial charge < -0.3 is 14.7 Å². The summed E-state index contributed by atoms with van der Waals surface area (Å²) in [4.78, 5) is 25.2. The van der Waals surface area contributed by atoms with Crippen LogP contribution in [0.2, 0.25) is 5.02 Å². The minimum Gasteiger partial charge on any atom is -0.495 e. The maximum atomic E-state index is 12.1. The van der Waals surface area contributed by atoms with E-state index in [1.807, 2.05) is 6.92 Å². The largest absolute Gasteiger partial charge is 0.495 e. The number of hydrogen-bond donors (Lipinski definition) is 1. The van der Waals surface area contributed by atoms with Gasteiger partial charge in [-0.1, -0.05) is 17.7 Å². The lowest BCUT2D eigenvalue weighted by Gasteiger charge is -2.39. The number of ether oxygens (including phenoxy) is 1. The molecule has 1 N–H and O–H groups in total. The van der Waals surface area contributed by atoms with Crippen LogP contribution in [0.25, 0.3) is 0 Å². The van der Waals surface area contributed by atoms with Crippen molar-refractivity contribution in [3.63, 3.8) is 0 Å². The van der Waals surface area contributed by atoms with Gasteiger partial charge in [-0.25, -0.2) is 0 Å². The summed E-state index contributed by atoms with van der Waals surface area (Å²) in [6, 6.07) is 4.66. The second kappa shape index (κ2) is 6.35. The molecule has 1 heterocycles. The Labute approximate surface area is 128 Å². The molecule has 1 amide bonds. The number of likely N-dealkylation sites (tertiary alicyclic amines) is 1. The first kappa shape index (κ1) is 15.6. The fourth-order valence-corrected chi connectivity index (χ4v) is 3.13. The van der Waals surface area contributed by atoms with E-state index < -0.39 is 17.9 Å². The first-order valence-electron chi connectivity index (χ1n) is 6.85. The van der Waals surface area contributed by atoms with Crippen molar-refractivity contribution in [2.45, 2.75) is 25.8 Å². The minimum atomic E-state index is -0.891. The van der Waals surface area contributed by atoms with E-state index in [1.54, 1.807) is 23.1 Å². The van der Waals surface area contributed by atoms with Crippen molar-refractivity contribution < 1.29 is 19.4 Å². The summed E-state index contributed by atoms with van der Waals surface area (Å²) in [7, 11) is 1.52. The number of carboxylic acid groups (broad SMARTS) is 1. The van der Waals surface area contributed by atoms with Gasteiger partial charge in [-0.3, -0.25) is 9.59 Å². The van der Waals surface area contributed by atoms with E-state index >= 15 is 0 Å². The molecule has 0 bridgehead atoms. The molecule has 6 heteroatoms. The highest BCUT2D eigenvalue weighted by Gasteiger charge is 2.40. The summed E-state index contributed by atoms with van der Waals surface area (Å²) >= 11 is 6.13. The summed E-state index contributed by atoms with van der Waals surface area (Å²) < 4.78 is 5.11. The summed E-state index contributed by atoms with van der Waals surface area (Å²) in [6.07, 6.45) is 0.615. The zero-order valence-electron chi connectivity index (χ0n) is 12.0. The Morgan fingerprint density at radius 2 is 2.24 bits per heavy atom. The van der Waals surface area contributed by atoms with Crippen LogP contribution in [-0.2, 0) is 9.59 Å². The SMILES string of the molecule is CCN1C(=O)CCC(C(=O)O)C1c1ccc(OC)c(Cl)c1. The highest BCUT2D eigenvalue weighted by Crippen LogP contribution is 2.39. The Bertz CT molecular complexity index is 559. The Morgan fingerprint density at radius 1 is 1.52 bits per heavy atom. The van der Waals surface area contributed by atoms with E-state index in [-0.39, 0.29) is 12.3 Å². The molecular formula is C15H18ClNO4. The number of piperidine rings is 1. The number of aliphatic carboxylic acids is 1. The third-order valence-corrected chi connectivity index (χ3v) is 4.18. The summed E-state index contributed by atoms with van der Waals surface area (Å²) in [5, 5.41) is 9.85. The molecule has 0 radical (unpaired) electrons. The number of hydrogen-bond acceptors (Lipinski definition) is 3. The van der Waals surface area contributed by atoms with Crippen molar-refractivity contribution in [3.05, 3.63) is 28.8 Å². The molecule has 0 spiro atoms. The highest BCUT2D eigenvalue weighted by atomic mass is 35.5. The van der Waals surface area contributed by atoms with Crippen molar-refractivity contribution in [2.24, 2.45) is 5.92 Å². The van der Waals surface area contributed by atoms with Crippen LogP contribution in [0.3, 0.4) is 0 Å². The summed E-state index contributed by atoms with van der Waals surface area (Å²) in [5.74, 6) is -1.01. The molecule has 0 aromatic heterocycles. The van der Waals surface area contributed by atoms with Crippen LogP contribution in [0.5, 0.6) is 5.75 Å². The molecular weight excluding hydrogens is 294 g/mol. The molecule has 1 aromatic carbocycles. The number of amides is 1. The molecule has 114 valence electrons. The summed E-state index contributed by atoms with van der Waals surface area (Å²) in [5.41, 5.74) is 0.725. The second-order valence-electron chi connectivity index (χ2n) is 5.00. The van der Waals surface area contributed by atoms with Gasteiger partial charge in [0.25, 0.3) is 0 Å². The fraction of sp³-hybridized carbons (Fsp3) is 0.467. The molecule has 21 heavy (non-hydrogen) atoms. The number of benzene rings is 1.